The normalized spacial score (nSPS) is 24.2. The molecule has 2 N–H and O–H groups in total. The van der Waals surface area contributed by atoms with Gasteiger partial charge in [-0.2, -0.15) is 16.4 Å². The van der Waals surface area contributed by atoms with Crippen molar-refractivity contribution in [3.8, 4) is 0 Å². The van der Waals surface area contributed by atoms with Gasteiger partial charge in [0.1, 0.15) is 17.9 Å². The van der Waals surface area contributed by atoms with Gasteiger partial charge in [-0.1, -0.05) is 17.7 Å². The molecular formula is C21H21ClN8OS. The number of aliphatic imine (C=N–C) groups is 2. The minimum atomic E-state index is -0.174. The Morgan fingerprint density at radius 1 is 1.25 bits per heavy atom. The van der Waals surface area contributed by atoms with Gasteiger partial charge in [0.25, 0.3) is 0 Å². The number of H-pyrrole nitrogens is 1. The van der Waals surface area contributed by atoms with E-state index in [0.29, 0.717) is 30.7 Å². The summed E-state index contributed by atoms with van der Waals surface area (Å²) in [5.41, 5.74) is 2.87. The molecule has 1 aromatic carbocycles. The highest BCUT2D eigenvalue weighted by atomic mass is 35.5. The number of fused-ring (bicyclic) bond motifs is 2. The van der Waals surface area contributed by atoms with Gasteiger partial charge in [0, 0.05) is 19.3 Å². The molecule has 164 valence electrons. The van der Waals surface area contributed by atoms with Gasteiger partial charge in [-0.05, 0) is 34.5 Å². The van der Waals surface area contributed by atoms with E-state index in [1.165, 1.54) is 5.56 Å². The van der Waals surface area contributed by atoms with Crippen LogP contribution in [0.3, 0.4) is 0 Å². The van der Waals surface area contributed by atoms with Crippen molar-refractivity contribution in [1.82, 2.24) is 25.2 Å². The van der Waals surface area contributed by atoms with E-state index in [1.54, 1.807) is 11.3 Å². The lowest BCUT2D eigenvalue weighted by atomic mass is 10.0. The molecule has 5 heterocycles. The van der Waals surface area contributed by atoms with Crippen LogP contribution >= 0.6 is 22.9 Å². The Morgan fingerprint density at radius 3 is 2.97 bits per heavy atom. The van der Waals surface area contributed by atoms with Gasteiger partial charge >= 0.3 is 0 Å². The number of benzene rings is 1. The van der Waals surface area contributed by atoms with Crippen LogP contribution in [0.15, 0.2) is 50.1 Å². The SMILES string of the molecule is Clc1cccc2[nH]c(CN=C3NC(N4CCOCC4)=NC4C(c5ccsc5)C=NN34)nc12. The third-order valence-electron chi connectivity index (χ3n) is 5.75. The van der Waals surface area contributed by atoms with E-state index < -0.39 is 0 Å². The van der Waals surface area contributed by atoms with Crippen LogP contribution in [0.25, 0.3) is 11.0 Å². The number of morpholine rings is 1. The maximum Gasteiger partial charge on any atom is 0.224 e. The molecule has 0 saturated carbocycles. The number of ether oxygens (including phenoxy) is 1. The number of thiophene rings is 1. The smallest absolute Gasteiger partial charge is 0.224 e. The number of hydrazone groups is 1. The number of nitrogens with one attached hydrogen (secondary N) is 2. The van der Waals surface area contributed by atoms with Gasteiger partial charge in [-0.25, -0.2) is 20.0 Å². The van der Waals surface area contributed by atoms with Crippen LogP contribution in [0.5, 0.6) is 0 Å². The summed E-state index contributed by atoms with van der Waals surface area (Å²) in [6.07, 6.45) is 1.78. The van der Waals surface area contributed by atoms with Crippen LogP contribution in [0.2, 0.25) is 5.02 Å². The number of hydrogen-bond acceptors (Lipinski definition) is 7. The van der Waals surface area contributed by atoms with Crippen molar-refractivity contribution < 1.29 is 4.74 Å². The molecule has 0 bridgehead atoms. The lowest BCUT2D eigenvalue weighted by molar-refractivity contribution is 0.0660. The van der Waals surface area contributed by atoms with Crippen LogP contribution in [0.4, 0.5) is 0 Å². The van der Waals surface area contributed by atoms with Crippen molar-refractivity contribution in [2.24, 2.45) is 15.1 Å². The Bertz CT molecular complexity index is 1210. The van der Waals surface area contributed by atoms with Crippen molar-refractivity contribution in [2.45, 2.75) is 18.6 Å². The van der Waals surface area contributed by atoms with Crippen LogP contribution in [-0.2, 0) is 11.3 Å². The zero-order valence-electron chi connectivity index (χ0n) is 17.1. The molecule has 0 aliphatic carbocycles. The molecule has 6 rings (SSSR count). The highest BCUT2D eigenvalue weighted by Gasteiger charge is 2.39. The van der Waals surface area contributed by atoms with Gasteiger partial charge in [0.05, 0.1) is 29.7 Å². The Balaban J connectivity index is 1.31. The van der Waals surface area contributed by atoms with Crippen molar-refractivity contribution in [3.05, 3.63) is 51.4 Å². The van der Waals surface area contributed by atoms with Gasteiger partial charge in [0.2, 0.25) is 11.9 Å². The summed E-state index contributed by atoms with van der Waals surface area (Å²) in [5, 5.41) is 14.8. The fourth-order valence-electron chi connectivity index (χ4n) is 4.11. The zero-order valence-corrected chi connectivity index (χ0v) is 18.7. The number of imidazole rings is 1. The maximum atomic E-state index is 6.27. The van der Waals surface area contributed by atoms with Crippen LogP contribution in [-0.4, -0.2) is 70.5 Å². The lowest BCUT2D eigenvalue weighted by Gasteiger charge is -2.37. The standard InChI is InChI=1S/C21H21ClN8OS/c22-15-2-1-3-16-18(15)26-17(25-16)11-23-20-28-21(29-5-7-31-8-6-29)27-19-14(10-24-30(19)20)13-4-9-32-12-13/h1-4,9-10,12,14,19H,5-8,11H2,(H,25,26)(H,23,27,28). The first-order valence-electron chi connectivity index (χ1n) is 10.5. The predicted octanol–water partition coefficient (Wildman–Crippen LogP) is 2.84. The second kappa shape index (κ2) is 8.19. The average Bonchev–Trinajstić information content (AvgIpc) is 3.57. The predicted molar refractivity (Wildman–Crippen MR) is 126 cm³/mol. The third-order valence-corrected chi connectivity index (χ3v) is 6.75. The van der Waals surface area contributed by atoms with Crippen molar-refractivity contribution in [2.75, 3.05) is 26.3 Å². The molecule has 9 nitrogen and oxygen atoms in total. The van der Waals surface area contributed by atoms with E-state index in [1.807, 2.05) is 29.4 Å². The fraction of sp³-hybridized carbons (Fsp3) is 0.333. The highest BCUT2D eigenvalue weighted by molar-refractivity contribution is 7.08. The number of hydrogen-bond donors (Lipinski definition) is 2. The zero-order chi connectivity index (χ0) is 21.5. The summed E-state index contributed by atoms with van der Waals surface area (Å²) >= 11 is 7.96. The fourth-order valence-corrected chi connectivity index (χ4v) is 5.04. The van der Waals surface area contributed by atoms with Crippen LogP contribution in [0, 0.1) is 0 Å². The summed E-state index contributed by atoms with van der Waals surface area (Å²) < 4.78 is 5.52. The Hall–Kier alpha value is -2.95. The number of halogens is 1. The second-order valence-electron chi connectivity index (χ2n) is 7.74. The number of nitrogens with zero attached hydrogens (tertiary/aromatic N) is 6. The molecule has 1 fully saturated rings. The third kappa shape index (κ3) is 3.54. The molecule has 32 heavy (non-hydrogen) atoms. The molecule has 11 heteroatoms. The average molecular weight is 469 g/mol. The molecule has 0 radical (unpaired) electrons. The van der Waals surface area contributed by atoms with E-state index in [9.17, 15) is 0 Å². The summed E-state index contributed by atoms with van der Waals surface area (Å²) in [6, 6.07) is 7.83. The van der Waals surface area contributed by atoms with Crippen molar-refractivity contribution in [3.63, 3.8) is 0 Å². The molecule has 3 aliphatic rings. The summed E-state index contributed by atoms with van der Waals surface area (Å²) in [6.45, 7) is 3.32. The Kier molecular flexibility index (Phi) is 5.05. The van der Waals surface area contributed by atoms with Crippen LogP contribution < -0.4 is 5.32 Å². The molecular weight excluding hydrogens is 448 g/mol. The topological polar surface area (TPSA) is 93.5 Å². The summed E-state index contributed by atoms with van der Waals surface area (Å²) in [5.74, 6) is 2.29. The molecule has 2 aromatic heterocycles. The van der Waals surface area contributed by atoms with E-state index in [0.717, 1.165) is 35.9 Å². The van der Waals surface area contributed by atoms with Gasteiger partial charge in [0.15, 0.2) is 6.17 Å². The minimum absolute atomic E-state index is 0.0783. The second-order valence-corrected chi connectivity index (χ2v) is 8.93. The largest absolute Gasteiger partial charge is 0.378 e. The monoisotopic (exact) mass is 468 g/mol. The van der Waals surface area contributed by atoms with Gasteiger partial charge < -0.3 is 14.6 Å². The number of rotatable bonds is 3. The number of aromatic nitrogens is 2. The first kappa shape index (κ1) is 19.7. The van der Waals surface area contributed by atoms with Gasteiger partial charge in [-0.15, -0.1) is 0 Å². The minimum Gasteiger partial charge on any atom is -0.378 e. The Labute approximate surface area is 193 Å². The molecule has 2 unspecified atom stereocenters. The van der Waals surface area contributed by atoms with E-state index >= 15 is 0 Å². The van der Waals surface area contributed by atoms with E-state index in [2.05, 4.69) is 42.1 Å². The molecule has 3 aliphatic heterocycles. The number of guanidine groups is 2. The van der Waals surface area contributed by atoms with Crippen LogP contribution in [0.1, 0.15) is 17.3 Å². The molecule has 3 aromatic rings. The molecule has 1 saturated heterocycles. The first-order chi connectivity index (χ1) is 15.8. The maximum absolute atomic E-state index is 6.27. The molecule has 2 atom stereocenters. The Morgan fingerprint density at radius 2 is 2.16 bits per heavy atom. The summed E-state index contributed by atoms with van der Waals surface area (Å²) in [4.78, 5) is 20.0. The molecule has 0 spiro atoms. The van der Waals surface area contributed by atoms with E-state index in [-0.39, 0.29) is 12.1 Å². The lowest BCUT2D eigenvalue weighted by Crippen LogP contribution is -2.57. The first-order valence-corrected chi connectivity index (χ1v) is 11.8. The number of aromatic amines is 1. The molecule has 0 amide bonds. The quantitative estimate of drug-likeness (QED) is 0.616. The van der Waals surface area contributed by atoms with Crippen molar-refractivity contribution in [1.29, 1.82) is 0 Å². The number of para-hydroxylation sites is 1. The van der Waals surface area contributed by atoms with Crippen molar-refractivity contribution >= 4 is 52.1 Å². The highest BCUT2D eigenvalue weighted by Crippen LogP contribution is 2.31. The van der Waals surface area contributed by atoms with E-state index in [4.69, 9.17) is 26.3 Å². The summed E-state index contributed by atoms with van der Waals surface area (Å²) in [7, 11) is 0. The van der Waals surface area contributed by atoms with Gasteiger partial charge in [-0.3, -0.25) is 5.32 Å².